The molecule has 1 aromatic carbocycles. The summed E-state index contributed by atoms with van der Waals surface area (Å²) in [7, 11) is 0. The quantitative estimate of drug-likeness (QED) is 0.475. The highest BCUT2D eigenvalue weighted by Crippen LogP contribution is 2.27. The molecule has 0 amide bonds. The van der Waals surface area contributed by atoms with Crippen LogP contribution >= 0.6 is 0 Å². The van der Waals surface area contributed by atoms with Crippen LogP contribution in [-0.4, -0.2) is 17.9 Å². The van der Waals surface area contributed by atoms with Crippen LogP contribution in [0.3, 0.4) is 0 Å². The first kappa shape index (κ1) is 13.3. The SMILES string of the molecule is CCC(C)(C)C(=O)Oc1ccc2c(c1)C(=O)OC2=O. The average Bonchev–Trinajstić information content (AvgIpc) is 2.64. The van der Waals surface area contributed by atoms with Crippen LogP contribution in [0.4, 0.5) is 0 Å². The van der Waals surface area contributed by atoms with Gasteiger partial charge in [-0.2, -0.15) is 0 Å². The van der Waals surface area contributed by atoms with Gasteiger partial charge in [0.05, 0.1) is 16.5 Å². The Kier molecular flexibility index (Phi) is 3.14. The summed E-state index contributed by atoms with van der Waals surface area (Å²) in [6.45, 7) is 5.45. The molecular weight excluding hydrogens is 248 g/mol. The van der Waals surface area contributed by atoms with Crippen molar-refractivity contribution in [2.45, 2.75) is 27.2 Å². The molecule has 0 N–H and O–H groups in total. The molecule has 100 valence electrons. The molecule has 0 unspecified atom stereocenters. The number of benzene rings is 1. The Hall–Kier alpha value is -2.17. The predicted molar refractivity (Wildman–Crippen MR) is 65.9 cm³/mol. The van der Waals surface area contributed by atoms with E-state index in [1.54, 1.807) is 13.8 Å². The largest absolute Gasteiger partial charge is 0.426 e. The van der Waals surface area contributed by atoms with Gasteiger partial charge in [0.2, 0.25) is 0 Å². The lowest BCUT2D eigenvalue weighted by molar-refractivity contribution is -0.144. The van der Waals surface area contributed by atoms with Crippen molar-refractivity contribution in [3.63, 3.8) is 0 Å². The highest BCUT2D eigenvalue weighted by Gasteiger charge is 2.31. The van der Waals surface area contributed by atoms with Gasteiger partial charge in [0.25, 0.3) is 0 Å². The Morgan fingerprint density at radius 1 is 1.21 bits per heavy atom. The molecule has 5 nitrogen and oxygen atoms in total. The van der Waals surface area contributed by atoms with Gasteiger partial charge in [-0.3, -0.25) is 4.79 Å². The molecule has 0 fully saturated rings. The van der Waals surface area contributed by atoms with E-state index in [0.29, 0.717) is 6.42 Å². The van der Waals surface area contributed by atoms with Crippen LogP contribution in [0.2, 0.25) is 0 Å². The van der Waals surface area contributed by atoms with E-state index in [9.17, 15) is 14.4 Å². The van der Waals surface area contributed by atoms with Crippen molar-refractivity contribution in [3.8, 4) is 5.75 Å². The summed E-state index contributed by atoms with van der Waals surface area (Å²) < 4.78 is 9.68. The molecule has 0 saturated heterocycles. The molecule has 5 heteroatoms. The van der Waals surface area contributed by atoms with Gasteiger partial charge < -0.3 is 9.47 Å². The highest BCUT2D eigenvalue weighted by molar-refractivity contribution is 6.14. The highest BCUT2D eigenvalue weighted by atomic mass is 16.6. The summed E-state index contributed by atoms with van der Waals surface area (Å²) in [5.41, 5.74) is -0.279. The Balaban J connectivity index is 2.25. The molecular formula is C14H14O5. The third-order valence-electron chi connectivity index (χ3n) is 3.26. The molecule has 1 heterocycles. The summed E-state index contributed by atoms with van der Waals surface area (Å²) in [4.78, 5) is 34.6. The van der Waals surface area contributed by atoms with Crippen LogP contribution in [0.1, 0.15) is 47.9 Å². The van der Waals surface area contributed by atoms with E-state index in [1.165, 1.54) is 18.2 Å². The third-order valence-corrected chi connectivity index (χ3v) is 3.26. The Morgan fingerprint density at radius 2 is 1.84 bits per heavy atom. The lowest BCUT2D eigenvalue weighted by Crippen LogP contribution is -2.28. The van der Waals surface area contributed by atoms with Gasteiger partial charge in [0, 0.05) is 0 Å². The average molecular weight is 262 g/mol. The zero-order valence-electron chi connectivity index (χ0n) is 11.0. The maximum absolute atomic E-state index is 11.9. The van der Waals surface area contributed by atoms with Crippen LogP contribution in [0, 0.1) is 5.41 Å². The fourth-order valence-electron chi connectivity index (χ4n) is 1.52. The van der Waals surface area contributed by atoms with Crippen molar-refractivity contribution >= 4 is 17.9 Å². The van der Waals surface area contributed by atoms with Crippen molar-refractivity contribution in [2.24, 2.45) is 5.41 Å². The van der Waals surface area contributed by atoms with Crippen LogP contribution in [0.5, 0.6) is 5.75 Å². The summed E-state index contributed by atoms with van der Waals surface area (Å²) in [5.74, 6) is -1.54. The molecule has 19 heavy (non-hydrogen) atoms. The number of esters is 3. The second-order valence-corrected chi connectivity index (χ2v) is 5.01. The third kappa shape index (κ3) is 2.36. The molecule has 0 aliphatic carbocycles. The first-order valence-corrected chi connectivity index (χ1v) is 5.98. The van der Waals surface area contributed by atoms with Gasteiger partial charge in [0.1, 0.15) is 5.75 Å². The molecule has 0 saturated carbocycles. The molecule has 0 aromatic heterocycles. The Bertz CT molecular complexity index is 571. The fraction of sp³-hybridized carbons (Fsp3) is 0.357. The van der Waals surface area contributed by atoms with Gasteiger partial charge in [-0.1, -0.05) is 6.92 Å². The number of hydrogen-bond acceptors (Lipinski definition) is 5. The second-order valence-electron chi connectivity index (χ2n) is 5.01. The van der Waals surface area contributed by atoms with Crippen LogP contribution in [-0.2, 0) is 9.53 Å². The minimum atomic E-state index is -0.715. The second kappa shape index (κ2) is 4.50. The van der Waals surface area contributed by atoms with E-state index < -0.39 is 17.4 Å². The van der Waals surface area contributed by atoms with Crippen LogP contribution in [0.15, 0.2) is 18.2 Å². The Labute approximate surface area is 110 Å². The topological polar surface area (TPSA) is 69.7 Å². The monoisotopic (exact) mass is 262 g/mol. The zero-order chi connectivity index (χ0) is 14.2. The molecule has 2 rings (SSSR count). The standard InChI is InChI=1S/C14H14O5/c1-4-14(2,3)13(17)18-8-5-6-9-10(7-8)12(16)19-11(9)15/h5-7H,4H2,1-3H3. The van der Waals surface area contributed by atoms with Gasteiger partial charge in [-0.15, -0.1) is 0 Å². The summed E-state index contributed by atoms with van der Waals surface area (Å²) in [6.07, 6.45) is 0.636. The summed E-state index contributed by atoms with van der Waals surface area (Å²) in [6, 6.07) is 4.25. The smallest absolute Gasteiger partial charge is 0.347 e. The number of rotatable bonds is 3. The van der Waals surface area contributed by atoms with E-state index in [0.717, 1.165) is 0 Å². The molecule has 0 atom stereocenters. The number of fused-ring (bicyclic) bond motifs is 1. The minimum absolute atomic E-state index is 0.129. The van der Waals surface area contributed by atoms with Crippen molar-refractivity contribution in [2.75, 3.05) is 0 Å². The maximum atomic E-state index is 11.9. The maximum Gasteiger partial charge on any atom is 0.347 e. The van der Waals surface area contributed by atoms with E-state index in [4.69, 9.17) is 4.74 Å². The minimum Gasteiger partial charge on any atom is -0.426 e. The van der Waals surface area contributed by atoms with Crippen LogP contribution < -0.4 is 4.74 Å². The molecule has 0 spiro atoms. The predicted octanol–water partition coefficient (Wildman–Crippen LogP) is 2.34. The van der Waals surface area contributed by atoms with Crippen molar-refractivity contribution in [1.82, 2.24) is 0 Å². The molecule has 1 aliphatic heterocycles. The number of carbonyl (C=O) groups excluding carboxylic acids is 3. The summed E-state index contributed by atoms with van der Waals surface area (Å²) >= 11 is 0. The van der Waals surface area contributed by atoms with Gasteiger partial charge >= 0.3 is 17.9 Å². The molecule has 0 radical (unpaired) electrons. The summed E-state index contributed by atoms with van der Waals surface area (Å²) in [5, 5.41) is 0. The van der Waals surface area contributed by atoms with E-state index >= 15 is 0 Å². The number of carbonyl (C=O) groups is 3. The number of hydrogen-bond donors (Lipinski definition) is 0. The Morgan fingerprint density at radius 3 is 2.47 bits per heavy atom. The van der Waals surface area contributed by atoms with Crippen molar-refractivity contribution in [1.29, 1.82) is 0 Å². The molecule has 0 bridgehead atoms. The van der Waals surface area contributed by atoms with E-state index in [-0.39, 0.29) is 22.8 Å². The van der Waals surface area contributed by atoms with E-state index in [2.05, 4.69) is 4.74 Å². The number of cyclic esters (lactones) is 2. The first-order valence-electron chi connectivity index (χ1n) is 5.98. The first-order chi connectivity index (χ1) is 8.85. The van der Waals surface area contributed by atoms with Crippen molar-refractivity contribution < 1.29 is 23.9 Å². The lowest BCUT2D eigenvalue weighted by atomic mass is 9.91. The van der Waals surface area contributed by atoms with Gasteiger partial charge in [-0.05, 0) is 38.5 Å². The lowest BCUT2D eigenvalue weighted by Gasteiger charge is -2.20. The van der Waals surface area contributed by atoms with Crippen LogP contribution in [0.25, 0.3) is 0 Å². The van der Waals surface area contributed by atoms with E-state index in [1.807, 2.05) is 6.92 Å². The van der Waals surface area contributed by atoms with Gasteiger partial charge in [-0.25, -0.2) is 9.59 Å². The fourth-order valence-corrected chi connectivity index (χ4v) is 1.52. The van der Waals surface area contributed by atoms with Crippen molar-refractivity contribution in [3.05, 3.63) is 29.3 Å². The zero-order valence-corrected chi connectivity index (χ0v) is 11.0. The molecule has 1 aliphatic rings. The van der Waals surface area contributed by atoms with Gasteiger partial charge in [0.15, 0.2) is 0 Å². The number of ether oxygens (including phenoxy) is 2. The normalized spacial score (nSPS) is 14.1. The molecule has 1 aromatic rings.